The molecule has 2 aromatic carbocycles. The van der Waals surface area contributed by atoms with Crippen LogP contribution in [0.25, 0.3) is 5.76 Å². The van der Waals surface area contributed by atoms with E-state index < -0.39 is 23.1 Å². The summed E-state index contributed by atoms with van der Waals surface area (Å²) in [7, 11) is 3.84. The van der Waals surface area contributed by atoms with Crippen LogP contribution in [0.1, 0.15) is 24.5 Å². The molecule has 2 aromatic rings. The number of carbonyl (C=O) groups excluding carboxylic acids is 3. The molecule has 36 heavy (non-hydrogen) atoms. The minimum atomic E-state index is -1.73. The maximum atomic E-state index is 14.1. The fourth-order valence-corrected chi connectivity index (χ4v) is 5.03. The van der Waals surface area contributed by atoms with Gasteiger partial charge in [-0.2, -0.15) is 0 Å². The molecule has 2 aliphatic heterocycles. The second kappa shape index (κ2) is 9.99. The second-order valence-corrected chi connectivity index (χ2v) is 9.07. The van der Waals surface area contributed by atoms with Gasteiger partial charge in [0, 0.05) is 24.2 Å². The first-order valence-electron chi connectivity index (χ1n) is 12.0. The van der Waals surface area contributed by atoms with Crippen molar-refractivity contribution in [1.82, 2.24) is 9.80 Å². The van der Waals surface area contributed by atoms with Gasteiger partial charge in [0.25, 0.3) is 17.6 Å². The van der Waals surface area contributed by atoms with Gasteiger partial charge in [0.2, 0.25) is 0 Å². The molecule has 2 heterocycles. The van der Waals surface area contributed by atoms with E-state index in [0.29, 0.717) is 48.7 Å². The molecule has 1 unspecified atom stereocenters. The second-order valence-electron chi connectivity index (χ2n) is 9.07. The lowest BCUT2D eigenvalue weighted by atomic mass is 9.82. The van der Waals surface area contributed by atoms with Crippen molar-refractivity contribution >= 4 is 29.0 Å². The van der Waals surface area contributed by atoms with Crippen LogP contribution < -0.4 is 9.64 Å². The first-order valence-corrected chi connectivity index (χ1v) is 12.0. The van der Waals surface area contributed by atoms with Crippen LogP contribution >= 0.6 is 0 Å². The Morgan fingerprint density at radius 3 is 2.44 bits per heavy atom. The fourth-order valence-electron chi connectivity index (χ4n) is 5.03. The predicted molar refractivity (Wildman–Crippen MR) is 138 cm³/mol. The number of anilines is 1. The largest absolute Gasteiger partial charge is 0.507 e. The Labute approximate surface area is 211 Å². The molecule has 0 radical (unpaired) electrons. The molecule has 1 N–H and O–H groups in total. The summed E-state index contributed by atoms with van der Waals surface area (Å²) in [6, 6.07) is 13.7. The van der Waals surface area contributed by atoms with Crippen molar-refractivity contribution in [1.29, 1.82) is 0 Å². The van der Waals surface area contributed by atoms with Crippen molar-refractivity contribution in [2.45, 2.75) is 18.9 Å². The molecule has 2 amide bonds. The van der Waals surface area contributed by atoms with Crippen LogP contribution in [0.15, 0.2) is 66.8 Å². The van der Waals surface area contributed by atoms with Crippen LogP contribution in [0, 0.1) is 0 Å². The van der Waals surface area contributed by atoms with Crippen LogP contribution in [-0.4, -0.2) is 72.8 Å². The lowest BCUT2D eigenvalue weighted by Crippen LogP contribution is -2.52. The van der Waals surface area contributed by atoms with Gasteiger partial charge < -0.3 is 24.5 Å². The zero-order valence-corrected chi connectivity index (χ0v) is 20.9. The molecular weight excluding hydrogens is 458 g/mol. The van der Waals surface area contributed by atoms with Gasteiger partial charge in [0.15, 0.2) is 5.54 Å². The van der Waals surface area contributed by atoms with Crippen molar-refractivity contribution in [3.63, 3.8) is 0 Å². The number of aliphatic hydroxyl groups excluding tert-OH is 1. The van der Waals surface area contributed by atoms with E-state index in [2.05, 4.69) is 6.58 Å². The zero-order chi connectivity index (χ0) is 26.0. The maximum absolute atomic E-state index is 14.1. The first kappa shape index (κ1) is 25.2. The third-order valence-electron chi connectivity index (χ3n) is 6.61. The van der Waals surface area contributed by atoms with E-state index in [0.717, 1.165) is 0 Å². The Hall–Kier alpha value is -3.91. The Kier molecular flexibility index (Phi) is 6.99. The number of ketones is 1. The van der Waals surface area contributed by atoms with Crippen LogP contribution in [0.3, 0.4) is 0 Å². The number of hydrogen-bond donors (Lipinski definition) is 1. The van der Waals surface area contributed by atoms with Gasteiger partial charge in [-0.3, -0.25) is 14.4 Å². The minimum absolute atomic E-state index is 0.186. The van der Waals surface area contributed by atoms with Gasteiger partial charge in [-0.1, -0.05) is 30.9 Å². The number of fused-ring (bicyclic) bond motifs is 2. The van der Waals surface area contributed by atoms with E-state index in [1.807, 2.05) is 32.0 Å². The number of benzene rings is 2. The van der Waals surface area contributed by atoms with Gasteiger partial charge in [-0.25, -0.2) is 0 Å². The zero-order valence-electron chi connectivity index (χ0n) is 20.9. The van der Waals surface area contributed by atoms with E-state index in [-0.39, 0.29) is 17.9 Å². The Bertz CT molecular complexity index is 1230. The Morgan fingerprint density at radius 1 is 1.11 bits per heavy atom. The molecule has 188 valence electrons. The molecule has 0 aliphatic carbocycles. The number of ether oxygens (including phenoxy) is 1. The number of amides is 2. The molecule has 4 rings (SSSR count). The third kappa shape index (κ3) is 3.87. The van der Waals surface area contributed by atoms with Gasteiger partial charge in [0.05, 0.1) is 11.3 Å². The highest BCUT2D eigenvalue weighted by Crippen LogP contribution is 2.53. The number of carbonyl (C=O) groups is 3. The number of hydrogen-bond acceptors (Lipinski definition) is 6. The summed E-state index contributed by atoms with van der Waals surface area (Å²) in [5.41, 5.74) is -0.468. The number of likely N-dealkylation sites (tertiary alicyclic amines) is 1. The highest BCUT2D eigenvalue weighted by molar-refractivity contribution is 6.50. The summed E-state index contributed by atoms with van der Waals surface area (Å²) in [5.74, 6) is -1.90. The van der Waals surface area contributed by atoms with Gasteiger partial charge >= 0.3 is 0 Å². The maximum Gasteiger partial charge on any atom is 0.296 e. The number of aliphatic hydroxyl groups is 1. The molecule has 2 aliphatic rings. The number of Topliss-reactive ketones (excluding diaryl/α,β-unsaturated/α-hetero) is 1. The fraction of sp³-hybridized carbons (Fsp3) is 0.321. The topological polar surface area (TPSA) is 90.4 Å². The Balaban J connectivity index is 1.92. The Morgan fingerprint density at radius 2 is 1.81 bits per heavy atom. The lowest BCUT2D eigenvalue weighted by Gasteiger charge is -2.34. The van der Waals surface area contributed by atoms with Crippen LogP contribution in [0.4, 0.5) is 5.69 Å². The van der Waals surface area contributed by atoms with E-state index in [9.17, 15) is 19.5 Å². The summed E-state index contributed by atoms with van der Waals surface area (Å²) >= 11 is 0. The molecule has 1 atom stereocenters. The quantitative estimate of drug-likeness (QED) is 0.252. The number of para-hydroxylation sites is 1. The average Bonchev–Trinajstić information content (AvgIpc) is 3.25. The van der Waals surface area contributed by atoms with Gasteiger partial charge in [-0.05, 0) is 64.3 Å². The van der Waals surface area contributed by atoms with Crippen LogP contribution in [0.2, 0.25) is 0 Å². The van der Waals surface area contributed by atoms with Crippen molar-refractivity contribution in [3.05, 3.63) is 77.9 Å². The van der Waals surface area contributed by atoms with Crippen molar-refractivity contribution in [2.24, 2.45) is 0 Å². The normalized spacial score (nSPS) is 20.5. The molecular formula is C28H31N3O5. The highest BCUT2D eigenvalue weighted by Gasteiger charge is 2.66. The molecule has 1 spiro atoms. The smallest absolute Gasteiger partial charge is 0.296 e. The highest BCUT2D eigenvalue weighted by atomic mass is 16.5. The van der Waals surface area contributed by atoms with E-state index in [1.54, 1.807) is 53.4 Å². The van der Waals surface area contributed by atoms with Crippen molar-refractivity contribution in [3.8, 4) is 5.75 Å². The monoisotopic (exact) mass is 489 g/mol. The predicted octanol–water partition coefficient (Wildman–Crippen LogP) is 3.15. The molecule has 1 fully saturated rings. The molecule has 8 heteroatoms. The summed E-state index contributed by atoms with van der Waals surface area (Å²) in [5, 5.41) is 11.5. The van der Waals surface area contributed by atoms with Gasteiger partial charge in [0.1, 0.15) is 18.1 Å². The lowest BCUT2D eigenvalue weighted by molar-refractivity contribution is -0.143. The number of rotatable bonds is 9. The minimum Gasteiger partial charge on any atom is -0.507 e. The molecule has 8 nitrogen and oxygen atoms in total. The van der Waals surface area contributed by atoms with E-state index in [4.69, 9.17) is 4.74 Å². The molecule has 1 saturated heterocycles. The summed E-state index contributed by atoms with van der Waals surface area (Å²) in [6.45, 7) is 6.99. The summed E-state index contributed by atoms with van der Waals surface area (Å²) in [4.78, 5) is 46.0. The standard InChI is InChI=1S/C28H31N3O5/c1-5-18-36-20-14-12-19(13-15-20)24(32)23-25(33)26(34)31(17-9-16-29(3)4)28(23)21-10-7-8-11-22(21)30(6-2)27(28)35/h5,7-8,10-15,32H,1,6,9,16-18H2,2-4H3/b24-23-. The average molecular weight is 490 g/mol. The van der Waals surface area contributed by atoms with Crippen molar-refractivity contribution in [2.75, 3.05) is 45.2 Å². The van der Waals surface area contributed by atoms with E-state index >= 15 is 0 Å². The molecule has 0 bridgehead atoms. The number of nitrogens with zero attached hydrogens (tertiary/aromatic N) is 3. The van der Waals surface area contributed by atoms with Crippen LogP contribution in [-0.2, 0) is 19.9 Å². The SMILES string of the molecule is C=CCOc1ccc(/C(O)=C2\C(=O)C(=O)N(CCCN(C)C)C23C(=O)N(CC)c2ccccc23)cc1. The molecule has 0 aromatic heterocycles. The van der Waals surface area contributed by atoms with Gasteiger partial charge in [-0.15, -0.1) is 0 Å². The first-order chi connectivity index (χ1) is 17.3. The number of likely N-dealkylation sites (N-methyl/N-ethyl adjacent to an activating group) is 1. The van der Waals surface area contributed by atoms with E-state index in [1.165, 1.54) is 4.90 Å². The molecule has 0 saturated carbocycles. The van der Waals surface area contributed by atoms with Crippen molar-refractivity contribution < 1.29 is 24.2 Å². The summed E-state index contributed by atoms with van der Waals surface area (Å²) in [6.07, 6.45) is 2.17. The van der Waals surface area contributed by atoms with Crippen LogP contribution in [0.5, 0.6) is 5.75 Å². The summed E-state index contributed by atoms with van der Waals surface area (Å²) < 4.78 is 5.51. The third-order valence-corrected chi connectivity index (χ3v) is 6.61.